The minimum absolute atomic E-state index is 0.251. The van der Waals surface area contributed by atoms with Crippen molar-refractivity contribution in [3.8, 4) is 22.5 Å². The Bertz CT molecular complexity index is 1680. The summed E-state index contributed by atoms with van der Waals surface area (Å²) in [5, 5.41) is 18.2. The van der Waals surface area contributed by atoms with Crippen LogP contribution in [0.3, 0.4) is 0 Å². The van der Waals surface area contributed by atoms with Crippen molar-refractivity contribution in [3.63, 3.8) is 0 Å². The van der Waals surface area contributed by atoms with Crippen LogP contribution in [0, 0.1) is 0 Å². The maximum absolute atomic E-state index is 13.3. The summed E-state index contributed by atoms with van der Waals surface area (Å²) in [4.78, 5) is 13.6. The van der Waals surface area contributed by atoms with E-state index in [0.717, 1.165) is 22.0 Å². The third-order valence-corrected chi connectivity index (χ3v) is 7.06. The minimum Gasteiger partial charge on any atom is -0.339 e. The van der Waals surface area contributed by atoms with Crippen molar-refractivity contribution >= 4 is 43.9 Å². The van der Waals surface area contributed by atoms with Gasteiger partial charge < -0.3 is 9.88 Å². The summed E-state index contributed by atoms with van der Waals surface area (Å²) < 4.78 is 25.5. The summed E-state index contributed by atoms with van der Waals surface area (Å²) in [5.74, 6) is -0.0196. The number of aryl methyl sites for hydroxylation is 1. The number of sulfone groups is 1. The van der Waals surface area contributed by atoms with Crippen molar-refractivity contribution in [2.75, 3.05) is 11.6 Å². The first kappa shape index (κ1) is 22.8. The van der Waals surface area contributed by atoms with Gasteiger partial charge in [-0.3, -0.25) is 4.79 Å². The molecule has 0 unspecified atom stereocenters. The van der Waals surface area contributed by atoms with Crippen molar-refractivity contribution < 1.29 is 13.2 Å². The van der Waals surface area contributed by atoms with Crippen LogP contribution in [0.25, 0.3) is 33.4 Å². The van der Waals surface area contributed by atoms with E-state index in [1.54, 1.807) is 42.5 Å². The topological polar surface area (TPSA) is 123 Å². The van der Waals surface area contributed by atoms with Gasteiger partial charge >= 0.3 is 0 Å². The molecule has 35 heavy (non-hydrogen) atoms. The number of amides is 1. The summed E-state index contributed by atoms with van der Waals surface area (Å²) in [6.07, 6.45) is 1.18. The average molecular weight is 507 g/mol. The Labute approximate surface area is 205 Å². The fourth-order valence-electron chi connectivity index (χ4n) is 4.02. The lowest BCUT2D eigenvalue weighted by molar-refractivity contribution is 0.102. The number of carbonyl (C=O) groups excluding carboxylic acids is 1. The zero-order chi connectivity index (χ0) is 24.7. The highest BCUT2D eigenvalue weighted by molar-refractivity contribution is 7.90. The highest BCUT2D eigenvalue weighted by Crippen LogP contribution is 2.33. The molecule has 0 saturated carbocycles. The number of nitrogens with zero attached hydrogens (tertiary/aromatic N) is 4. The first-order valence-corrected chi connectivity index (χ1v) is 12.7. The van der Waals surface area contributed by atoms with Gasteiger partial charge in [-0.1, -0.05) is 41.9 Å². The van der Waals surface area contributed by atoms with Crippen LogP contribution in [0.4, 0.5) is 5.69 Å². The highest BCUT2D eigenvalue weighted by atomic mass is 35.5. The van der Waals surface area contributed by atoms with Crippen molar-refractivity contribution in [1.29, 1.82) is 0 Å². The Kier molecular flexibility index (Phi) is 5.62. The molecule has 11 heteroatoms. The molecule has 3 aromatic carbocycles. The van der Waals surface area contributed by atoms with E-state index >= 15 is 0 Å². The molecule has 2 N–H and O–H groups in total. The van der Waals surface area contributed by atoms with E-state index in [1.165, 1.54) is 6.26 Å². The predicted molar refractivity (Wildman–Crippen MR) is 134 cm³/mol. The molecule has 0 aliphatic heterocycles. The van der Waals surface area contributed by atoms with E-state index in [4.69, 9.17) is 11.6 Å². The summed E-state index contributed by atoms with van der Waals surface area (Å²) in [7, 11) is -1.48. The normalized spacial score (nSPS) is 11.6. The SMILES string of the molecule is Cn1c(C(=O)Nc2ccc(Cl)cc2-c2nn[nH]n2)cc2cccc(-c3ccc(S(C)(=O)=O)cc3)c21. The molecule has 1 amide bonds. The number of hydrogen-bond donors (Lipinski definition) is 2. The first-order chi connectivity index (χ1) is 16.7. The number of H-pyrrole nitrogens is 1. The van der Waals surface area contributed by atoms with Crippen LogP contribution >= 0.6 is 11.6 Å². The lowest BCUT2D eigenvalue weighted by Crippen LogP contribution is -2.16. The Morgan fingerprint density at radius 1 is 1.03 bits per heavy atom. The largest absolute Gasteiger partial charge is 0.339 e. The number of hydrogen-bond acceptors (Lipinski definition) is 6. The van der Waals surface area contributed by atoms with Crippen molar-refractivity contribution in [2.24, 2.45) is 7.05 Å². The van der Waals surface area contributed by atoms with E-state index < -0.39 is 9.84 Å². The number of para-hydroxylation sites is 1. The molecule has 5 aromatic rings. The number of rotatable bonds is 5. The van der Waals surface area contributed by atoms with E-state index in [2.05, 4.69) is 25.9 Å². The van der Waals surface area contributed by atoms with E-state index in [-0.39, 0.29) is 10.8 Å². The molecular formula is C24H19ClN6O3S. The number of aromatic nitrogens is 5. The van der Waals surface area contributed by atoms with Gasteiger partial charge in [-0.05, 0) is 47.2 Å². The van der Waals surface area contributed by atoms with Crippen LogP contribution in [0.15, 0.2) is 71.6 Å². The molecule has 0 atom stereocenters. The molecular weight excluding hydrogens is 488 g/mol. The molecule has 0 bridgehead atoms. The zero-order valence-corrected chi connectivity index (χ0v) is 20.2. The van der Waals surface area contributed by atoms with E-state index in [9.17, 15) is 13.2 Å². The molecule has 0 saturated heterocycles. The number of halogens is 1. The van der Waals surface area contributed by atoms with Gasteiger partial charge in [0, 0.05) is 34.8 Å². The van der Waals surface area contributed by atoms with Crippen LogP contribution < -0.4 is 5.32 Å². The van der Waals surface area contributed by atoms with Crippen LogP contribution in [0.5, 0.6) is 0 Å². The monoisotopic (exact) mass is 506 g/mol. The van der Waals surface area contributed by atoms with Gasteiger partial charge in [0.2, 0.25) is 5.82 Å². The molecule has 0 spiro atoms. The van der Waals surface area contributed by atoms with Gasteiger partial charge in [0.1, 0.15) is 5.69 Å². The maximum atomic E-state index is 13.3. The average Bonchev–Trinajstić information content (AvgIpc) is 3.48. The van der Waals surface area contributed by atoms with Gasteiger partial charge in [0.05, 0.1) is 16.1 Å². The number of benzene rings is 3. The summed E-state index contributed by atoms with van der Waals surface area (Å²) in [6, 6.07) is 19.3. The maximum Gasteiger partial charge on any atom is 0.272 e. The van der Waals surface area contributed by atoms with E-state index in [1.807, 2.05) is 35.9 Å². The molecule has 2 heterocycles. The van der Waals surface area contributed by atoms with Crippen molar-refractivity contribution in [1.82, 2.24) is 25.2 Å². The third kappa shape index (κ3) is 4.29. The number of fused-ring (bicyclic) bond motifs is 1. The fraction of sp³-hybridized carbons (Fsp3) is 0.0833. The second-order valence-corrected chi connectivity index (χ2v) is 10.5. The predicted octanol–water partition coefficient (Wildman–Crippen LogP) is 4.33. The zero-order valence-electron chi connectivity index (χ0n) is 18.7. The summed E-state index contributed by atoms with van der Waals surface area (Å²) >= 11 is 6.14. The van der Waals surface area contributed by atoms with Crippen LogP contribution in [-0.4, -0.2) is 45.8 Å². The number of anilines is 1. The third-order valence-electron chi connectivity index (χ3n) is 5.70. The van der Waals surface area contributed by atoms with Crippen molar-refractivity contribution in [3.05, 3.63) is 77.4 Å². The molecule has 2 aromatic heterocycles. The quantitative estimate of drug-likeness (QED) is 0.365. The fourth-order valence-corrected chi connectivity index (χ4v) is 4.82. The molecule has 9 nitrogen and oxygen atoms in total. The number of carbonyl (C=O) groups is 1. The lowest BCUT2D eigenvalue weighted by atomic mass is 10.0. The minimum atomic E-state index is -3.29. The molecule has 0 aliphatic carbocycles. The molecule has 5 rings (SSSR count). The smallest absolute Gasteiger partial charge is 0.272 e. The Balaban J connectivity index is 1.54. The second-order valence-electron chi connectivity index (χ2n) is 8.01. The van der Waals surface area contributed by atoms with Crippen LogP contribution in [-0.2, 0) is 16.9 Å². The number of aromatic amines is 1. The van der Waals surface area contributed by atoms with Gasteiger partial charge in [0.15, 0.2) is 9.84 Å². The molecule has 0 aliphatic rings. The number of nitrogens with one attached hydrogen (secondary N) is 2. The summed E-state index contributed by atoms with van der Waals surface area (Å²) in [6.45, 7) is 0. The highest BCUT2D eigenvalue weighted by Gasteiger charge is 2.19. The van der Waals surface area contributed by atoms with Crippen LogP contribution in [0.2, 0.25) is 5.02 Å². The van der Waals surface area contributed by atoms with Crippen LogP contribution in [0.1, 0.15) is 10.5 Å². The molecule has 0 radical (unpaired) electrons. The lowest BCUT2D eigenvalue weighted by Gasteiger charge is -2.11. The number of tetrazole rings is 1. The Morgan fingerprint density at radius 2 is 1.80 bits per heavy atom. The van der Waals surface area contributed by atoms with Gasteiger partial charge in [-0.25, -0.2) is 8.42 Å². The van der Waals surface area contributed by atoms with Gasteiger partial charge in [-0.15, -0.1) is 10.2 Å². The Hall–Kier alpha value is -4.02. The Morgan fingerprint density at radius 3 is 2.49 bits per heavy atom. The molecule has 0 fully saturated rings. The van der Waals surface area contributed by atoms with Gasteiger partial charge in [0.25, 0.3) is 5.91 Å². The van der Waals surface area contributed by atoms with Gasteiger partial charge in [-0.2, -0.15) is 5.21 Å². The first-order valence-electron chi connectivity index (χ1n) is 10.5. The summed E-state index contributed by atoms with van der Waals surface area (Å²) in [5.41, 5.74) is 4.03. The van der Waals surface area contributed by atoms with Crippen molar-refractivity contribution in [2.45, 2.75) is 4.90 Å². The molecule has 176 valence electrons. The standard InChI is InChI=1S/C24H19ClN6O3S/c1-31-21(24(32)26-20-11-8-16(25)13-19(20)23-27-29-30-28-23)12-15-4-3-5-18(22(15)31)14-6-9-17(10-7-14)35(2,33)34/h3-13H,1-2H3,(H,26,32)(H,27,28,29,30). The second kappa shape index (κ2) is 8.64. The van der Waals surface area contributed by atoms with E-state index in [0.29, 0.717) is 27.8 Å².